The first-order valence-electron chi connectivity index (χ1n) is 10.5. The average molecular weight is 470 g/mol. The van der Waals surface area contributed by atoms with Crippen LogP contribution in [0.3, 0.4) is 0 Å². The van der Waals surface area contributed by atoms with Crippen molar-refractivity contribution in [2.45, 2.75) is 19.3 Å². The minimum Gasteiger partial charge on any atom is -0.488 e. The quantitative estimate of drug-likeness (QED) is 0.422. The summed E-state index contributed by atoms with van der Waals surface area (Å²) in [6, 6.07) is 13.5. The molecule has 0 bridgehead atoms. The minimum absolute atomic E-state index is 0.0966. The Morgan fingerprint density at radius 3 is 2.76 bits per heavy atom. The van der Waals surface area contributed by atoms with Crippen molar-refractivity contribution in [3.63, 3.8) is 0 Å². The normalized spacial score (nSPS) is 15.8. The van der Waals surface area contributed by atoms with E-state index in [1.807, 2.05) is 37.3 Å². The fourth-order valence-corrected chi connectivity index (χ4v) is 4.04. The van der Waals surface area contributed by atoms with Crippen LogP contribution in [0, 0.1) is 6.92 Å². The highest BCUT2D eigenvalue weighted by molar-refractivity contribution is 5.85. The SMILES string of the molecule is COC[C@H]1COc2c(-c3nc4ccc(OC(F)(F)F)cc4[nH]3)cccc2N1c1ccc(C)cn1. The van der Waals surface area contributed by atoms with E-state index in [4.69, 9.17) is 9.47 Å². The van der Waals surface area contributed by atoms with E-state index in [0.717, 1.165) is 17.1 Å². The van der Waals surface area contributed by atoms with Crippen LogP contribution in [-0.4, -0.2) is 47.7 Å². The Morgan fingerprint density at radius 2 is 2.03 bits per heavy atom. The van der Waals surface area contributed by atoms with Crippen LogP contribution in [0.5, 0.6) is 11.5 Å². The maximum Gasteiger partial charge on any atom is 0.573 e. The van der Waals surface area contributed by atoms with Crippen molar-refractivity contribution in [1.29, 1.82) is 0 Å². The summed E-state index contributed by atoms with van der Waals surface area (Å²) in [4.78, 5) is 14.3. The Labute approximate surface area is 193 Å². The van der Waals surface area contributed by atoms with Gasteiger partial charge in [0.1, 0.15) is 24.0 Å². The predicted octanol–water partition coefficient (Wildman–Crippen LogP) is 5.38. The number of alkyl halides is 3. The van der Waals surface area contributed by atoms with Crippen molar-refractivity contribution in [3.05, 3.63) is 60.3 Å². The van der Waals surface area contributed by atoms with Crippen molar-refractivity contribution < 1.29 is 27.4 Å². The second kappa shape index (κ2) is 8.53. The number of nitrogens with zero attached hydrogens (tertiary/aromatic N) is 3. The Morgan fingerprint density at radius 1 is 1.18 bits per heavy atom. The standard InChI is InChI=1S/C24H21F3N4O3/c1-14-6-9-21(28-11-14)31-15(12-32-2)13-33-22-17(4-3-5-20(22)31)23-29-18-8-7-16(10-19(18)30-23)34-24(25,26)27/h3-11,15H,12-13H2,1-2H3,(H,29,30)/t15-/m0/s1. The molecular weight excluding hydrogens is 449 g/mol. The van der Waals surface area contributed by atoms with Gasteiger partial charge >= 0.3 is 6.36 Å². The first-order valence-corrected chi connectivity index (χ1v) is 10.5. The van der Waals surface area contributed by atoms with Crippen LogP contribution >= 0.6 is 0 Å². The summed E-state index contributed by atoms with van der Waals surface area (Å²) < 4.78 is 53.4. The smallest absolute Gasteiger partial charge is 0.488 e. The second-order valence-electron chi connectivity index (χ2n) is 7.95. The van der Waals surface area contributed by atoms with Crippen LogP contribution in [0.2, 0.25) is 0 Å². The van der Waals surface area contributed by atoms with Gasteiger partial charge in [0.15, 0.2) is 5.75 Å². The number of para-hydroxylation sites is 1. The van der Waals surface area contributed by atoms with Gasteiger partial charge in [0.2, 0.25) is 0 Å². The molecule has 0 saturated carbocycles. The molecule has 34 heavy (non-hydrogen) atoms. The zero-order valence-electron chi connectivity index (χ0n) is 18.4. The van der Waals surface area contributed by atoms with Gasteiger partial charge in [-0.1, -0.05) is 12.1 Å². The molecule has 4 aromatic rings. The number of aromatic nitrogens is 3. The molecule has 1 atom stereocenters. The number of imidazole rings is 1. The summed E-state index contributed by atoms with van der Waals surface area (Å²) in [6.45, 7) is 2.77. The van der Waals surface area contributed by atoms with Crippen molar-refractivity contribution in [2.24, 2.45) is 0 Å². The van der Waals surface area contributed by atoms with Gasteiger partial charge in [0.05, 0.1) is 34.9 Å². The van der Waals surface area contributed by atoms with Gasteiger partial charge in [-0.2, -0.15) is 0 Å². The fourth-order valence-electron chi connectivity index (χ4n) is 4.04. The molecular formula is C24H21F3N4O3. The Bertz CT molecular complexity index is 1320. The van der Waals surface area contributed by atoms with Crippen LogP contribution in [0.15, 0.2) is 54.7 Å². The van der Waals surface area contributed by atoms with Crippen LogP contribution in [0.25, 0.3) is 22.4 Å². The summed E-state index contributed by atoms with van der Waals surface area (Å²) in [6.07, 6.45) is -2.97. The molecule has 0 fully saturated rings. The molecule has 10 heteroatoms. The maximum absolute atomic E-state index is 12.6. The second-order valence-corrected chi connectivity index (χ2v) is 7.95. The van der Waals surface area contributed by atoms with E-state index in [0.29, 0.717) is 41.4 Å². The number of ether oxygens (including phenoxy) is 3. The van der Waals surface area contributed by atoms with Crippen molar-refractivity contribution in [1.82, 2.24) is 15.0 Å². The third-order valence-corrected chi connectivity index (χ3v) is 5.48. The van der Waals surface area contributed by atoms with Crippen LogP contribution < -0.4 is 14.4 Å². The van der Waals surface area contributed by atoms with Crippen LogP contribution in [0.1, 0.15) is 5.56 Å². The Kier molecular flexibility index (Phi) is 5.52. The first kappa shape index (κ1) is 22.0. The summed E-state index contributed by atoms with van der Waals surface area (Å²) >= 11 is 0. The summed E-state index contributed by atoms with van der Waals surface area (Å²) in [5, 5.41) is 0. The molecule has 0 spiro atoms. The lowest BCUT2D eigenvalue weighted by Crippen LogP contribution is -2.43. The zero-order valence-corrected chi connectivity index (χ0v) is 18.4. The van der Waals surface area contributed by atoms with Gasteiger partial charge in [-0.25, -0.2) is 9.97 Å². The van der Waals surface area contributed by atoms with Crippen molar-refractivity contribution in [2.75, 3.05) is 25.2 Å². The molecule has 0 amide bonds. The van der Waals surface area contributed by atoms with E-state index in [1.54, 1.807) is 13.3 Å². The molecule has 0 saturated heterocycles. The van der Waals surface area contributed by atoms with E-state index >= 15 is 0 Å². The predicted molar refractivity (Wildman–Crippen MR) is 120 cm³/mol. The number of methoxy groups -OCH3 is 1. The van der Waals surface area contributed by atoms with Gasteiger partial charge in [-0.15, -0.1) is 13.2 Å². The number of anilines is 2. The van der Waals surface area contributed by atoms with E-state index < -0.39 is 6.36 Å². The number of H-pyrrole nitrogens is 1. The molecule has 0 unspecified atom stereocenters. The minimum atomic E-state index is -4.77. The molecule has 1 aliphatic rings. The maximum atomic E-state index is 12.6. The lowest BCUT2D eigenvalue weighted by molar-refractivity contribution is -0.274. The molecule has 2 aromatic carbocycles. The molecule has 0 radical (unpaired) electrons. The Hall–Kier alpha value is -3.79. The number of rotatable bonds is 5. The number of benzene rings is 2. The number of hydrogen-bond acceptors (Lipinski definition) is 6. The van der Waals surface area contributed by atoms with E-state index in [2.05, 4.69) is 24.6 Å². The third kappa shape index (κ3) is 4.24. The summed E-state index contributed by atoms with van der Waals surface area (Å²) in [7, 11) is 1.64. The molecule has 5 rings (SSSR count). The summed E-state index contributed by atoms with van der Waals surface area (Å²) in [5.74, 6) is 1.51. The van der Waals surface area contributed by atoms with Gasteiger partial charge < -0.3 is 24.1 Å². The number of hydrogen-bond donors (Lipinski definition) is 1. The molecule has 1 N–H and O–H groups in total. The topological polar surface area (TPSA) is 72.5 Å². The summed E-state index contributed by atoms with van der Waals surface area (Å²) in [5.41, 5.74) is 3.45. The Balaban J connectivity index is 1.57. The highest BCUT2D eigenvalue weighted by atomic mass is 19.4. The average Bonchev–Trinajstić information content (AvgIpc) is 3.21. The van der Waals surface area contributed by atoms with Gasteiger partial charge in [-0.3, -0.25) is 0 Å². The highest BCUT2D eigenvalue weighted by Gasteiger charge is 2.33. The van der Waals surface area contributed by atoms with Crippen molar-refractivity contribution >= 4 is 22.5 Å². The number of fused-ring (bicyclic) bond motifs is 2. The third-order valence-electron chi connectivity index (χ3n) is 5.48. The largest absolute Gasteiger partial charge is 0.573 e. The lowest BCUT2D eigenvalue weighted by atomic mass is 10.1. The molecule has 7 nitrogen and oxygen atoms in total. The van der Waals surface area contributed by atoms with Gasteiger partial charge in [0, 0.05) is 19.4 Å². The highest BCUT2D eigenvalue weighted by Crippen LogP contribution is 2.44. The van der Waals surface area contributed by atoms with Gasteiger partial charge in [0.25, 0.3) is 0 Å². The first-order chi connectivity index (χ1) is 16.3. The van der Waals surface area contributed by atoms with E-state index in [-0.39, 0.29) is 11.8 Å². The molecule has 176 valence electrons. The number of pyridine rings is 1. The number of aryl methyl sites for hydroxylation is 1. The van der Waals surface area contributed by atoms with E-state index in [1.165, 1.54) is 18.2 Å². The number of aromatic amines is 1. The molecule has 0 aliphatic carbocycles. The van der Waals surface area contributed by atoms with Crippen molar-refractivity contribution in [3.8, 4) is 22.9 Å². The van der Waals surface area contributed by atoms with Crippen LogP contribution in [-0.2, 0) is 4.74 Å². The van der Waals surface area contributed by atoms with E-state index in [9.17, 15) is 13.2 Å². The number of nitrogens with one attached hydrogen (secondary N) is 1. The monoisotopic (exact) mass is 470 g/mol. The fraction of sp³-hybridized carbons (Fsp3) is 0.250. The zero-order chi connectivity index (χ0) is 23.9. The van der Waals surface area contributed by atoms with Crippen LogP contribution in [0.4, 0.5) is 24.7 Å². The number of halogens is 3. The molecule has 3 heterocycles. The molecule has 2 aromatic heterocycles. The van der Waals surface area contributed by atoms with Gasteiger partial charge in [-0.05, 0) is 42.8 Å². The lowest BCUT2D eigenvalue weighted by Gasteiger charge is -2.38. The molecule has 1 aliphatic heterocycles.